The Morgan fingerprint density at radius 3 is 3.00 bits per heavy atom. The molecule has 1 unspecified atom stereocenters. The van der Waals surface area contributed by atoms with Crippen molar-refractivity contribution < 1.29 is 0 Å². The van der Waals surface area contributed by atoms with Crippen LogP contribution in [0.3, 0.4) is 0 Å². The van der Waals surface area contributed by atoms with Crippen molar-refractivity contribution in [2.75, 3.05) is 32.7 Å². The van der Waals surface area contributed by atoms with Gasteiger partial charge >= 0.3 is 0 Å². The van der Waals surface area contributed by atoms with E-state index in [4.69, 9.17) is 11.6 Å². The van der Waals surface area contributed by atoms with Crippen LogP contribution in [0.4, 0.5) is 0 Å². The van der Waals surface area contributed by atoms with Crippen LogP contribution in [0.1, 0.15) is 25.1 Å². The summed E-state index contributed by atoms with van der Waals surface area (Å²) in [6, 6.07) is 4.16. The maximum absolute atomic E-state index is 5.96. The maximum atomic E-state index is 5.96. The van der Waals surface area contributed by atoms with Gasteiger partial charge in [0, 0.05) is 18.0 Å². The number of hydrogen-bond acceptors (Lipinski definition) is 3. The summed E-state index contributed by atoms with van der Waals surface area (Å²) >= 11 is 7.67. The zero-order valence-corrected chi connectivity index (χ0v) is 13.6. The van der Waals surface area contributed by atoms with Crippen molar-refractivity contribution in [3.05, 3.63) is 21.3 Å². The van der Waals surface area contributed by atoms with Gasteiger partial charge in [0.05, 0.1) is 4.34 Å². The minimum absolute atomic E-state index is 0.751. The SMILES string of the molecule is CC(C)CNCC1CCN(CCc2ccc(Cl)s2)C1. The van der Waals surface area contributed by atoms with Gasteiger partial charge < -0.3 is 10.2 Å². The van der Waals surface area contributed by atoms with E-state index in [1.807, 2.05) is 6.07 Å². The summed E-state index contributed by atoms with van der Waals surface area (Å²) < 4.78 is 0.909. The van der Waals surface area contributed by atoms with Gasteiger partial charge in [-0.05, 0) is 56.4 Å². The van der Waals surface area contributed by atoms with Crippen LogP contribution < -0.4 is 5.32 Å². The lowest BCUT2D eigenvalue weighted by atomic mass is 10.1. The van der Waals surface area contributed by atoms with E-state index in [9.17, 15) is 0 Å². The Balaban J connectivity index is 1.62. The second kappa shape index (κ2) is 7.63. The van der Waals surface area contributed by atoms with Gasteiger partial charge in [0.2, 0.25) is 0 Å². The number of likely N-dealkylation sites (tertiary alicyclic amines) is 1. The minimum Gasteiger partial charge on any atom is -0.316 e. The highest BCUT2D eigenvalue weighted by Crippen LogP contribution is 2.23. The van der Waals surface area contributed by atoms with E-state index < -0.39 is 0 Å². The third-order valence-electron chi connectivity index (χ3n) is 3.66. The van der Waals surface area contributed by atoms with E-state index in [2.05, 4.69) is 30.1 Å². The Labute approximate surface area is 126 Å². The van der Waals surface area contributed by atoms with Gasteiger partial charge in [-0.1, -0.05) is 25.4 Å². The molecule has 0 bridgehead atoms. The summed E-state index contributed by atoms with van der Waals surface area (Å²) in [6.07, 6.45) is 2.49. The summed E-state index contributed by atoms with van der Waals surface area (Å²) in [5.74, 6) is 1.59. The first-order valence-corrected chi connectivity index (χ1v) is 8.50. The smallest absolute Gasteiger partial charge is 0.0931 e. The minimum atomic E-state index is 0.751. The van der Waals surface area contributed by atoms with E-state index in [0.717, 1.165) is 29.1 Å². The molecule has 1 atom stereocenters. The highest BCUT2D eigenvalue weighted by atomic mass is 35.5. The standard InChI is InChI=1S/C15H25ClN2S/c1-12(2)9-17-10-13-5-7-18(11-13)8-6-14-3-4-15(16)19-14/h3-4,12-13,17H,5-11H2,1-2H3. The fourth-order valence-electron chi connectivity index (χ4n) is 2.61. The van der Waals surface area contributed by atoms with Gasteiger partial charge in [0.25, 0.3) is 0 Å². The molecule has 2 nitrogen and oxygen atoms in total. The molecule has 0 aliphatic carbocycles. The number of nitrogens with zero attached hydrogens (tertiary/aromatic N) is 1. The van der Waals surface area contributed by atoms with E-state index in [1.54, 1.807) is 11.3 Å². The van der Waals surface area contributed by atoms with Crippen molar-refractivity contribution in [1.82, 2.24) is 10.2 Å². The Morgan fingerprint density at radius 2 is 2.32 bits per heavy atom. The number of thiophene rings is 1. The molecule has 1 aromatic heterocycles. The third kappa shape index (κ3) is 5.42. The second-order valence-corrected chi connectivity index (χ2v) is 7.76. The van der Waals surface area contributed by atoms with Crippen LogP contribution in [0.25, 0.3) is 0 Å². The molecule has 19 heavy (non-hydrogen) atoms. The average molecular weight is 301 g/mol. The molecule has 1 fully saturated rings. The van der Waals surface area contributed by atoms with Crippen molar-refractivity contribution in [3.63, 3.8) is 0 Å². The Bertz CT molecular complexity index is 378. The summed E-state index contributed by atoms with van der Waals surface area (Å²) in [4.78, 5) is 4.00. The molecular formula is C15H25ClN2S. The highest BCUT2D eigenvalue weighted by molar-refractivity contribution is 7.16. The van der Waals surface area contributed by atoms with Crippen LogP contribution in [-0.2, 0) is 6.42 Å². The van der Waals surface area contributed by atoms with E-state index in [1.165, 1.54) is 37.5 Å². The molecule has 2 heterocycles. The molecular weight excluding hydrogens is 276 g/mol. The maximum Gasteiger partial charge on any atom is 0.0931 e. The van der Waals surface area contributed by atoms with Crippen LogP contribution in [0.15, 0.2) is 12.1 Å². The lowest BCUT2D eigenvalue weighted by Crippen LogP contribution is -2.29. The molecule has 0 amide bonds. The van der Waals surface area contributed by atoms with Gasteiger partial charge in [-0.25, -0.2) is 0 Å². The molecule has 108 valence electrons. The molecule has 2 rings (SSSR count). The van der Waals surface area contributed by atoms with Crippen LogP contribution >= 0.6 is 22.9 Å². The first kappa shape index (κ1) is 15.3. The summed E-state index contributed by atoms with van der Waals surface area (Å²) in [6.45, 7) is 10.5. The predicted octanol–water partition coefficient (Wildman–Crippen LogP) is 3.51. The molecule has 0 saturated carbocycles. The van der Waals surface area contributed by atoms with Crippen molar-refractivity contribution in [3.8, 4) is 0 Å². The van der Waals surface area contributed by atoms with Crippen LogP contribution in [-0.4, -0.2) is 37.6 Å². The fraction of sp³-hybridized carbons (Fsp3) is 0.733. The quantitative estimate of drug-likeness (QED) is 0.829. The fourth-order valence-corrected chi connectivity index (χ4v) is 3.69. The third-order valence-corrected chi connectivity index (χ3v) is 4.95. The summed E-state index contributed by atoms with van der Waals surface area (Å²) in [7, 11) is 0. The Kier molecular flexibility index (Phi) is 6.14. The molecule has 4 heteroatoms. The van der Waals surface area contributed by atoms with E-state index >= 15 is 0 Å². The van der Waals surface area contributed by atoms with Crippen LogP contribution in [0.5, 0.6) is 0 Å². The molecule has 0 aromatic carbocycles. The van der Waals surface area contributed by atoms with Crippen molar-refractivity contribution in [1.29, 1.82) is 0 Å². The van der Waals surface area contributed by atoms with Gasteiger partial charge in [-0.3, -0.25) is 0 Å². The van der Waals surface area contributed by atoms with Gasteiger partial charge in [0.15, 0.2) is 0 Å². The molecule has 1 N–H and O–H groups in total. The molecule has 1 aliphatic heterocycles. The summed E-state index contributed by atoms with van der Waals surface area (Å²) in [5, 5.41) is 3.58. The topological polar surface area (TPSA) is 15.3 Å². The number of hydrogen-bond donors (Lipinski definition) is 1. The zero-order valence-electron chi connectivity index (χ0n) is 12.0. The first-order chi connectivity index (χ1) is 9.13. The van der Waals surface area contributed by atoms with Crippen LogP contribution in [0.2, 0.25) is 4.34 Å². The van der Waals surface area contributed by atoms with Crippen LogP contribution in [0, 0.1) is 11.8 Å². The lowest BCUT2D eigenvalue weighted by Gasteiger charge is -2.16. The van der Waals surface area contributed by atoms with Gasteiger partial charge in [-0.2, -0.15) is 0 Å². The zero-order chi connectivity index (χ0) is 13.7. The summed E-state index contributed by atoms with van der Waals surface area (Å²) in [5.41, 5.74) is 0. The molecule has 0 radical (unpaired) electrons. The average Bonchev–Trinajstić information content (AvgIpc) is 2.95. The highest BCUT2D eigenvalue weighted by Gasteiger charge is 2.21. The van der Waals surface area contributed by atoms with Crippen molar-refractivity contribution in [2.24, 2.45) is 11.8 Å². The Hall–Kier alpha value is -0.0900. The van der Waals surface area contributed by atoms with E-state index in [0.29, 0.717) is 0 Å². The number of nitrogens with one attached hydrogen (secondary N) is 1. The van der Waals surface area contributed by atoms with E-state index in [-0.39, 0.29) is 0 Å². The van der Waals surface area contributed by atoms with Gasteiger partial charge in [-0.15, -0.1) is 11.3 Å². The van der Waals surface area contributed by atoms with Crippen molar-refractivity contribution >= 4 is 22.9 Å². The lowest BCUT2D eigenvalue weighted by molar-refractivity contribution is 0.325. The molecule has 1 aromatic rings. The van der Waals surface area contributed by atoms with Gasteiger partial charge in [0.1, 0.15) is 0 Å². The first-order valence-electron chi connectivity index (χ1n) is 7.30. The molecule has 0 spiro atoms. The predicted molar refractivity (Wildman–Crippen MR) is 85.3 cm³/mol. The normalized spacial score (nSPS) is 20.5. The second-order valence-electron chi connectivity index (χ2n) is 5.96. The largest absolute Gasteiger partial charge is 0.316 e. The number of halogens is 1. The number of rotatable bonds is 7. The Morgan fingerprint density at radius 1 is 1.47 bits per heavy atom. The van der Waals surface area contributed by atoms with Crippen molar-refractivity contribution in [2.45, 2.75) is 26.7 Å². The molecule has 1 saturated heterocycles. The monoisotopic (exact) mass is 300 g/mol. The molecule has 1 aliphatic rings.